The van der Waals surface area contributed by atoms with Crippen molar-refractivity contribution in [3.05, 3.63) is 72.8 Å². The molecule has 0 saturated carbocycles. The van der Waals surface area contributed by atoms with Crippen molar-refractivity contribution in [2.75, 3.05) is 0 Å². The maximum absolute atomic E-state index is 6.07. The molecule has 0 atom stereocenters. The maximum Gasteiger partial charge on any atom is 0.230 e. The van der Waals surface area contributed by atoms with Gasteiger partial charge in [0.1, 0.15) is 17.5 Å². The fraction of sp³-hybridized carbons (Fsp3) is 0.154. The van der Waals surface area contributed by atoms with Gasteiger partial charge in [0.2, 0.25) is 5.71 Å². The van der Waals surface area contributed by atoms with Crippen LogP contribution >= 0.6 is 0 Å². The van der Waals surface area contributed by atoms with Crippen molar-refractivity contribution in [3.63, 3.8) is 0 Å². The molecule has 0 spiro atoms. The number of rotatable bonds is 1. The fourth-order valence-corrected chi connectivity index (χ4v) is 4.35. The first-order valence-corrected chi connectivity index (χ1v) is 10.1. The number of furan rings is 2. The van der Waals surface area contributed by atoms with Crippen molar-refractivity contribution >= 4 is 43.8 Å². The Morgan fingerprint density at radius 2 is 1.67 bits per heavy atom. The van der Waals surface area contributed by atoms with Crippen molar-refractivity contribution in [3.8, 4) is 11.3 Å². The minimum absolute atomic E-state index is 0.00315. The zero-order chi connectivity index (χ0) is 20.5. The third kappa shape index (κ3) is 2.47. The van der Waals surface area contributed by atoms with Gasteiger partial charge in [-0.05, 0) is 46.0 Å². The Kier molecular flexibility index (Phi) is 3.40. The molecule has 0 bridgehead atoms. The molecular weight excluding hydrogens is 372 g/mol. The molecule has 0 unspecified atom stereocenters. The lowest BCUT2D eigenvalue weighted by atomic mass is 9.82. The monoisotopic (exact) mass is 392 g/mol. The topological polar surface area (TPSA) is 52.1 Å². The van der Waals surface area contributed by atoms with Gasteiger partial charge >= 0.3 is 0 Å². The standard InChI is InChI=1S/C26H20N2O2/c1-26(2,3)20-12-17(10-15-6-4-5-7-18(15)20)24-23-19-11-16-8-9-29-21(16)13-22(19)30-25(23)28-14-27-24/h4-14H,1-3H3. The van der Waals surface area contributed by atoms with E-state index in [9.17, 15) is 0 Å². The lowest BCUT2D eigenvalue weighted by Crippen LogP contribution is -2.12. The van der Waals surface area contributed by atoms with Crippen LogP contribution in [-0.2, 0) is 5.41 Å². The Labute approximate surface area is 173 Å². The number of nitrogens with zero attached hydrogens (tertiary/aromatic N) is 2. The van der Waals surface area contributed by atoms with Gasteiger partial charge in [0, 0.05) is 22.4 Å². The van der Waals surface area contributed by atoms with Gasteiger partial charge in [-0.2, -0.15) is 0 Å². The van der Waals surface area contributed by atoms with Crippen LogP contribution in [0, 0.1) is 0 Å². The Hall–Kier alpha value is -3.66. The van der Waals surface area contributed by atoms with E-state index in [0.29, 0.717) is 5.71 Å². The summed E-state index contributed by atoms with van der Waals surface area (Å²) < 4.78 is 11.6. The molecule has 6 aromatic rings. The number of fused-ring (bicyclic) bond motifs is 5. The van der Waals surface area contributed by atoms with Crippen molar-refractivity contribution in [2.45, 2.75) is 26.2 Å². The summed E-state index contributed by atoms with van der Waals surface area (Å²) in [5.41, 5.74) is 5.41. The van der Waals surface area contributed by atoms with Gasteiger partial charge in [-0.25, -0.2) is 9.97 Å². The zero-order valence-electron chi connectivity index (χ0n) is 17.1. The molecule has 0 saturated heterocycles. The van der Waals surface area contributed by atoms with Crippen LogP contribution in [0.2, 0.25) is 0 Å². The van der Waals surface area contributed by atoms with E-state index in [1.165, 1.54) is 16.3 Å². The van der Waals surface area contributed by atoms with Gasteiger partial charge in [-0.15, -0.1) is 0 Å². The van der Waals surface area contributed by atoms with Crippen molar-refractivity contribution in [2.24, 2.45) is 0 Å². The molecule has 4 nitrogen and oxygen atoms in total. The lowest BCUT2D eigenvalue weighted by molar-refractivity contribution is 0.596. The van der Waals surface area contributed by atoms with Crippen molar-refractivity contribution < 1.29 is 8.83 Å². The second-order valence-corrected chi connectivity index (χ2v) is 8.81. The average Bonchev–Trinajstić information content (AvgIpc) is 3.33. The molecule has 0 aliphatic carbocycles. The third-order valence-electron chi connectivity index (χ3n) is 5.79. The van der Waals surface area contributed by atoms with E-state index in [2.05, 4.69) is 68.2 Å². The summed E-state index contributed by atoms with van der Waals surface area (Å²) in [5.74, 6) is 0. The molecule has 0 N–H and O–H groups in total. The predicted molar refractivity (Wildman–Crippen MR) is 121 cm³/mol. The summed E-state index contributed by atoms with van der Waals surface area (Å²) in [7, 11) is 0. The van der Waals surface area contributed by atoms with Gasteiger partial charge in [-0.1, -0.05) is 45.0 Å². The van der Waals surface area contributed by atoms with E-state index in [-0.39, 0.29) is 5.41 Å². The summed E-state index contributed by atoms with van der Waals surface area (Å²) in [5, 5.41) is 5.45. The highest BCUT2D eigenvalue weighted by molar-refractivity contribution is 6.13. The largest absolute Gasteiger partial charge is 0.464 e. The minimum atomic E-state index is 0.00315. The van der Waals surface area contributed by atoms with Crippen LogP contribution in [0.5, 0.6) is 0 Å². The molecule has 0 fully saturated rings. The summed E-state index contributed by atoms with van der Waals surface area (Å²) >= 11 is 0. The Morgan fingerprint density at radius 3 is 2.53 bits per heavy atom. The first-order chi connectivity index (χ1) is 14.5. The summed E-state index contributed by atoms with van der Waals surface area (Å²) in [6, 6.07) is 19.0. The molecule has 0 radical (unpaired) electrons. The van der Waals surface area contributed by atoms with Crippen molar-refractivity contribution in [1.29, 1.82) is 0 Å². The highest BCUT2D eigenvalue weighted by Gasteiger charge is 2.21. The molecular formula is C26H20N2O2. The average molecular weight is 392 g/mol. The van der Waals surface area contributed by atoms with Crippen LogP contribution in [0.15, 0.2) is 76.0 Å². The normalized spacial score (nSPS) is 12.5. The highest BCUT2D eigenvalue weighted by Crippen LogP contribution is 2.39. The molecule has 4 heteroatoms. The van der Waals surface area contributed by atoms with E-state index in [0.717, 1.165) is 38.6 Å². The lowest BCUT2D eigenvalue weighted by Gasteiger charge is -2.22. The first-order valence-electron chi connectivity index (χ1n) is 10.1. The molecule has 0 amide bonds. The van der Waals surface area contributed by atoms with Crippen molar-refractivity contribution in [1.82, 2.24) is 9.97 Å². The summed E-state index contributed by atoms with van der Waals surface area (Å²) in [6.07, 6.45) is 3.28. The van der Waals surface area contributed by atoms with E-state index >= 15 is 0 Å². The van der Waals surface area contributed by atoms with E-state index in [4.69, 9.17) is 13.8 Å². The number of benzene rings is 3. The Bertz CT molecular complexity index is 1580. The van der Waals surface area contributed by atoms with Crippen LogP contribution in [0.25, 0.3) is 55.1 Å². The molecule has 6 rings (SSSR count). The fourth-order valence-electron chi connectivity index (χ4n) is 4.35. The molecule has 3 aromatic carbocycles. The second-order valence-electron chi connectivity index (χ2n) is 8.81. The van der Waals surface area contributed by atoms with Gasteiger partial charge in [-0.3, -0.25) is 0 Å². The first kappa shape index (κ1) is 17.2. The molecule has 0 aliphatic heterocycles. The van der Waals surface area contributed by atoms with E-state index < -0.39 is 0 Å². The Balaban J connectivity index is 1.72. The quantitative estimate of drug-likeness (QED) is 0.296. The van der Waals surface area contributed by atoms with E-state index in [1.807, 2.05) is 12.1 Å². The summed E-state index contributed by atoms with van der Waals surface area (Å²) in [4.78, 5) is 9.11. The van der Waals surface area contributed by atoms with Gasteiger partial charge in [0.15, 0.2) is 0 Å². The number of aromatic nitrogens is 2. The van der Waals surface area contributed by atoms with Crippen LogP contribution in [0.3, 0.4) is 0 Å². The van der Waals surface area contributed by atoms with Crippen LogP contribution in [-0.4, -0.2) is 9.97 Å². The van der Waals surface area contributed by atoms with Crippen LogP contribution < -0.4 is 0 Å². The molecule has 3 aromatic heterocycles. The zero-order valence-corrected chi connectivity index (χ0v) is 17.1. The Morgan fingerprint density at radius 1 is 0.800 bits per heavy atom. The molecule has 146 valence electrons. The minimum Gasteiger partial charge on any atom is -0.464 e. The van der Waals surface area contributed by atoms with Gasteiger partial charge < -0.3 is 8.83 Å². The SMILES string of the molecule is CC(C)(C)c1cc(-c2ncnc3oc4cc5occc5cc4c23)cc2ccccc12. The summed E-state index contributed by atoms with van der Waals surface area (Å²) in [6.45, 7) is 6.74. The highest BCUT2D eigenvalue weighted by atomic mass is 16.3. The number of hydrogen-bond donors (Lipinski definition) is 0. The van der Waals surface area contributed by atoms with Crippen LogP contribution in [0.4, 0.5) is 0 Å². The second kappa shape index (κ2) is 5.92. The van der Waals surface area contributed by atoms with E-state index in [1.54, 1.807) is 12.6 Å². The third-order valence-corrected chi connectivity index (χ3v) is 5.79. The maximum atomic E-state index is 6.07. The van der Waals surface area contributed by atoms with Gasteiger partial charge in [0.05, 0.1) is 17.3 Å². The van der Waals surface area contributed by atoms with Gasteiger partial charge in [0.25, 0.3) is 0 Å². The smallest absolute Gasteiger partial charge is 0.230 e. The number of hydrogen-bond acceptors (Lipinski definition) is 4. The molecule has 30 heavy (non-hydrogen) atoms. The van der Waals surface area contributed by atoms with Crippen LogP contribution in [0.1, 0.15) is 26.3 Å². The predicted octanol–water partition coefficient (Wildman–Crippen LogP) is 7.24. The molecule has 0 aliphatic rings. The molecule has 3 heterocycles.